The maximum absolute atomic E-state index is 12.1. The van der Waals surface area contributed by atoms with E-state index >= 15 is 0 Å². The number of nitrogens with one attached hydrogen (secondary N) is 2. The summed E-state index contributed by atoms with van der Waals surface area (Å²) in [6, 6.07) is 3.99. The molecule has 0 spiro atoms. The van der Waals surface area contributed by atoms with Crippen molar-refractivity contribution in [3.63, 3.8) is 0 Å². The summed E-state index contributed by atoms with van der Waals surface area (Å²) in [6.45, 7) is 4.23. The van der Waals surface area contributed by atoms with Gasteiger partial charge in [-0.1, -0.05) is 13.8 Å². The highest BCUT2D eigenvalue weighted by molar-refractivity contribution is 6.34. The summed E-state index contributed by atoms with van der Waals surface area (Å²) in [6.07, 6.45) is 7.25. The third-order valence-corrected chi connectivity index (χ3v) is 3.64. The van der Waals surface area contributed by atoms with Crippen molar-refractivity contribution >= 4 is 23.2 Å². The smallest absolute Gasteiger partial charge is 0.256 e. The summed E-state index contributed by atoms with van der Waals surface area (Å²) in [4.78, 5) is 19.6. The fraction of sp³-hybridized carbons (Fsp3) is 0.250. The molecule has 3 heterocycles. The van der Waals surface area contributed by atoms with E-state index in [4.69, 9.17) is 0 Å². The van der Waals surface area contributed by atoms with Gasteiger partial charge in [-0.3, -0.25) is 9.78 Å². The first kappa shape index (κ1) is 12.7. The van der Waals surface area contributed by atoms with E-state index in [9.17, 15) is 4.79 Å². The lowest BCUT2D eigenvalue weighted by atomic mass is 10.1. The van der Waals surface area contributed by atoms with Gasteiger partial charge in [0.05, 0.1) is 11.3 Å². The van der Waals surface area contributed by atoms with Crippen molar-refractivity contribution < 1.29 is 4.79 Å². The van der Waals surface area contributed by atoms with Crippen LogP contribution in [0.4, 0.5) is 5.69 Å². The summed E-state index contributed by atoms with van der Waals surface area (Å²) < 4.78 is 0. The van der Waals surface area contributed by atoms with Gasteiger partial charge in [0.2, 0.25) is 0 Å². The molecule has 1 amide bonds. The number of amides is 1. The SMILES string of the molecule is CCc1cc(CC)c(C=C2C(=O)Nc3ccncc32)[nH]1. The van der Waals surface area contributed by atoms with Gasteiger partial charge in [-0.25, -0.2) is 0 Å². The fourth-order valence-corrected chi connectivity index (χ4v) is 2.51. The molecule has 2 N–H and O–H groups in total. The molecule has 3 rings (SSSR count). The molecular formula is C16H17N3O. The number of anilines is 1. The number of rotatable bonds is 3. The molecule has 0 unspecified atom stereocenters. The van der Waals surface area contributed by atoms with Crippen LogP contribution in [0.15, 0.2) is 24.5 Å². The van der Waals surface area contributed by atoms with Crippen LogP contribution in [0.2, 0.25) is 0 Å². The highest BCUT2D eigenvalue weighted by Gasteiger charge is 2.24. The number of aryl methyl sites for hydroxylation is 2. The number of nitrogens with zero attached hydrogens (tertiary/aromatic N) is 1. The van der Waals surface area contributed by atoms with Crippen molar-refractivity contribution in [1.29, 1.82) is 0 Å². The van der Waals surface area contributed by atoms with Gasteiger partial charge in [0.15, 0.2) is 0 Å². The molecule has 102 valence electrons. The highest BCUT2D eigenvalue weighted by atomic mass is 16.2. The Labute approximate surface area is 117 Å². The third-order valence-electron chi connectivity index (χ3n) is 3.64. The van der Waals surface area contributed by atoms with Gasteiger partial charge in [-0.15, -0.1) is 0 Å². The second-order valence-corrected chi connectivity index (χ2v) is 4.87. The first-order chi connectivity index (χ1) is 9.72. The summed E-state index contributed by atoms with van der Waals surface area (Å²) >= 11 is 0. The second kappa shape index (κ2) is 4.96. The predicted molar refractivity (Wildman–Crippen MR) is 80.3 cm³/mol. The first-order valence-corrected chi connectivity index (χ1v) is 6.91. The van der Waals surface area contributed by atoms with Gasteiger partial charge >= 0.3 is 0 Å². The number of H-pyrrole nitrogens is 1. The summed E-state index contributed by atoms with van der Waals surface area (Å²) in [5, 5.41) is 2.86. The predicted octanol–water partition coefficient (Wildman–Crippen LogP) is 3.03. The van der Waals surface area contributed by atoms with Gasteiger partial charge in [0, 0.05) is 29.3 Å². The number of fused-ring (bicyclic) bond motifs is 1. The minimum atomic E-state index is -0.0669. The van der Waals surface area contributed by atoms with Gasteiger partial charge in [-0.05, 0) is 36.6 Å². The molecule has 0 saturated carbocycles. The average Bonchev–Trinajstić information content (AvgIpc) is 3.01. The van der Waals surface area contributed by atoms with Crippen LogP contribution in [-0.4, -0.2) is 15.9 Å². The molecule has 0 bridgehead atoms. The molecule has 20 heavy (non-hydrogen) atoms. The fourth-order valence-electron chi connectivity index (χ4n) is 2.51. The van der Waals surface area contributed by atoms with Crippen LogP contribution >= 0.6 is 0 Å². The van der Waals surface area contributed by atoms with Crippen molar-refractivity contribution in [3.05, 3.63) is 47.0 Å². The zero-order chi connectivity index (χ0) is 14.1. The second-order valence-electron chi connectivity index (χ2n) is 4.87. The first-order valence-electron chi connectivity index (χ1n) is 6.91. The zero-order valence-corrected chi connectivity index (χ0v) is 11.7. The molecule has 4 heteroatoms. The average molecular weight is 267 g/mol. The third kappa shape index (κ3) is 2.03. The lowest BCUT2D eigenvalue weighted by molar-refractivity contribution is -0.110. The Morgan fingerprint density at radius 3 is 2.90 bits per heavy atom. The number of hydrogen-bond donors (Lipinski definition) is 2. The van der Waals surface area contributed by atoms with Crippen molar-refractivity contribution in [1.82, 2.24) is 9.97 Å². The standard InChI is InChI=1S/C16H17N3O/c1-3-10-7-11(4-2)18-15(10)8-12-13-9-17-6-5-14(13)19-16(12)20/h5-9,18H,3-4H2,1-2H3,(H,19,20). The maximum atomic E-state index is 12.1. The van der Waals surface area contributed by atoms with Crippen LogP contribution in [0.25, 0.3) is 11.6 Å². The molecule has 0 atom stereocenters. The van der Waals surface area contributed by atoms with E-state index in [1.54, 1.807) is 12.4 Å². The van der Waals surface area contributed by atoms with Crippen LogP contribution in [0.5, 0.6) is 0 Å². The highest BCUT2D eigenvalue weighted by Crippen LogP contribution is 2.32. The van der Waals surface area contributed by atoms with Crippen LogP contribution in [0.1, 0.15) is 36.4 Å². The molecule has 4 nitrogen and oxygen atoms in total. The summed E-state index contributed by atoms with van der Waals surface area (Å²) in [5.74, 6) is -0.0669. The van der Waals surface area contributed by atoms with E-state index in [0.29, 0.717) is 5.57 Å². The minimum Gasteiger partial charge on any atom is -0.359 e. The quantitative estimate of drug-likeness (QED) is 0.840. The van der Waals surface area contributed by atoms with Crippen LogP contribution in [-0.2, 0) is 17.6 Å². The number of hydrogen-bond acceptors (Lipinski definition) is 2. The molecule has 2 aromatic heterocycles. The summed E-state index contributed by atoms with van der Waals surface area (Å²) in [7, 11) is 0. The molecule has 1 aliphatic rings. The Morgan fingerprint density at radius 2 is 2.15 bits per heavy atom. The Balaban J connectivity index is 2.08. The normalized spacial score (nSPS) is 15.5. The van der Waals surface area contributed by atoms with Crippen LogP contribution < -0.4 is 5.32 Å². The van der Waals surface area contributed by atoms with E-state index in [-0.39, 0.29) is 5.91 Å². The van der Waals surface area contributed by atoms with Crippen LogP contribution in [0.3, 0.4) is 0 Å². The van der Waals surface area contributed by atoms with Crippen LogP contribution in [0, 0.1) is 0 Å². The van der Waals surface area contributed by atoms with Crippen molar-refractivity contribution in [2.24, 2.45) is 0 Å². The van der Waals surface area contributed by atoms with Gasteiger partial charge in [0.25, 0.3) is 5.91 Å². The van der Waals surface area contributed by atoms with E-state index in [1.165, 1.54) is 11.3 Å². The number of aromatic nitrogens is 2. The molecule has 0 aliphatic carbocycles. The van der Waals surface area contributed by atoms with Crippen molar-refractivity contribution in [2.45, 2.75) is 26.7 Å². The van der Waals surface area contributed by atoms with E-state index in [1.807, 2.05) is 12.1 Å². The molecule has 0 radical (unpaired) electrons. The lowest BCUT2D eigenvalue weighted by Gasteiger charge is -1.98. The Hall–Kier alpha value is -2.36. The number of pyridine rings is 1. The Bertz CT molecular complexity index is 697. The Kier molecular flexibility index (Phi) is 3.14. The monoisotopic (exact) mass is 267 g/mol. The Morgan fingerprint density at radius 1 is 1.30 bits per heavy atom. The maximum Gasteiger partial charge on any atom is 0.256 e. The minimum absolute atomic E-state index is 0.0669. The lowest BCUT2D eigenvalue weighted by Crippen LogP contribution is -2.03. The zero-order valence-electron chi connectivity index (χ0n) is 11.7. The van der Waals surface area contributed by atoms with Crippen molar-refractivity contribution in [3.8, 4) is 0 Å². The van der Waals surface area contributed by atoms with Gasteiger partial charge in [0.1, 0.15) is 0 Å². The van der Waals surface area contributed by atoms with Crippen molar-refractivity contribution in [2.75, 3.05) is 5.32 Å². The van der Waals surface area contributed by atoms with E-state index < -0.39 is 0 Å². The van der Waals surface area contributed by atoms with E-state index in [2.05, 4.69) is 35.2 Å². The molecule has 2 aromatic rings. The van der Waals surface area contributed by atoms with Gasteiger partial charge < -0.3 is 10.3 Å². The number of aromatic amines is 1. The number of carbonyl (C=O) groups excluding carboxylic acids is 1. The molecule has 0 saturated heterocycles. The molecule has 1 aliphatic heterocycles. The molecule has 0 aromatic carbocycles. The van der Waals surface area contributed by atoms with Gasteiger partial charge in [-0.2, -0.15) is 0 Å². The number of carbonyl (C=O) groups is 1. The largest absolute Gasteiger partial charge is 0.359 e. The van der Waals surface area contributed by atoms with E-state index in [0.717, 1.165) is 29.8 Å². The molecular weight excluding hydrogens is 250 g/mol. The summed E-state index contributed by atoms with van der Waals surface area (Å²) in [5.41, 5.74) is 5.82. The molecule has 0 fully saturated rings. The topological polar surface area (TPSA) is 57.8 Å².